The summed E-state index contributed by atoms with van der Waals surface area (Å²) in [5, 5.41) is 83.3. The van der Waals surface area contributed by atoms with Gasteiger partial charge in [0.05, 0.1) is 24.3 Å². The zero-order valence-electron chi connectivity index (χ0n) is 52.1. The molecule has 6 unspecified atom stereocenters. The van der Waals surface area contributed by atoms with Gasteiger partial charge in [0.25, 0.3) is 5.91 Å². The van der Waals surface area contributed by atoms with Crippen molar-refractivity contribution < 1.29 is 103 Å². The number of carbonyl (C=O) groups excluding carboxylic acids is 11. The van der Waals surface area contributed by atoms with Gasteiger partial charge in [-0.1, -0.05) is 73.1 Å². The molecule has 2 fully saturated rings. The Morgan fingerprint density at radius 1 is 0.644 bits per heavy atom. The van der Waals surface area contributed by atoms with E-state index in [4.69, 9.17) is 5.73 Å². The highest BCUT2D eigenvalue weighted by Gasteiger charge is 2.46. The molecule has 16 atom stereocenters. The quantitative estimate of drug-likeness (QED) is 0.0262. The molecule has 33 nitrogen and oxygen atoms in total. The van der Waals surface area contributed by atoms with E-state index in [0.717, 1.165) is 37.7 Å². The van der Waals surface area contributed by atoms with Crippen LogP contribution in [-0.2, 0) is 71.9 Å². The predicted molar refractivity (Wildman–Crippen MR) is 316 cm³/mol. The fourth-order valence-electron chi connectivity index (χ4n) is 9.43. The van der Waals surface area contributed by atoms with E-state index < -0.39 is 198 Å². The van der Waals surface area contributed by atoms with Crippen LogP contribution in [0.3, 0.4) is 0 Å². The first-order valence-electron chi connectivity index (χ1n) is 29.6. The second-order valence-electron chi connectivity index (χ2n) is 23.4. The van der Waals surface area contributed by atoms with Gasteiger partial charge in [-0.2, -0.15) is 0 Å². The highest BCUT2D eigenvalue weighted by molar-refractivity contribution is 6.02. The van der Waals surface area contributed by atoms with Crippen LogP contribution in [0.4, 0.5) is 0 Å². The fraction of sp³-hybridized carbons (Fsp3) is 0.667. The number of carboxylic acids is 4. The van der Waals surface area contributed by atoms with E-state index in [2.05, 4.69) is 38.8 Å². The third-order valence-corrected chi connectivity index (χ3v) is 15.2. The van der Waals surface area contributed by atoms with Crippen molar-refractivity contribution in [2.45, 2.75) is 193 Å². The minimum atomic E-state index is -2.89. The molecule has 0 saturated carbocycles. The van der Waals surface area contributed by atoms with Gasteiger partial charge in [-0.3, -0.25) is 67.1 Å². The summed E-state index contributed by atoms with van der Waals surface area (Å²) in [6.07, 6.45) is 1.02. The minimum Gasteiger partial charge on any atom is -0.481 e. The number of amides is 11. The van der Waals surface area contributed by atoms with Crippen LogP contribution in [0, 0.1) is 35.5 Å². The number of carboxylic acid groups (broad SMARTS) is 4. The van der Waals surface area contributed by atoms with Crippen LogP contribution in [0.1, 0.15) is 121 Å². The summed E-state index contributed by atoms with van der Waals surface area (Å²) in [7, 11) is 0. The molecular formula is C57H90N12O21. The number of allylic oxidation sites excluding steroid dienone is 3. The molecule has 2 aliphatic heterocycles. The van der Waals surface area contributed by atoms with Crippen molar-refractivity contribution in [3.8, 4) is 0 Å². The number of nitrogens with two attached hydrogens (primary N) is 1. The molecule has 33 heteroatoms. The van der Waals surface area contributed by atoms with Crippen molar-refractivity contribution in [1.29, 1.82) is 0 Å². The Kier molecular flexibility index (Phi) is 31.7. The monoisotopic (exact) mass is 1280 g/mol. The third-order valence-electron chi connectivity index (χ3n) is 15.2. The summed E-state index contributed by atoms with van der Waals surface area (Å²) in [4.78, 5) is 206. The van der Waals surface area contributed by atoms with Crippen LogP contribution < -0.4 is 58.9 Å². The highest BCUT2D eigenvalue weighted by Crippen LogP contribution is 2.26. The second-order valence-corrected chi connectivity index (χ2v) is 23.4. The Morgan fingerprint density at radius 3 is 1.76 bits per heavy atom. The summed E-state index contributed by atoms with van der Waals surface area (Å²) < 4.78 is 0. The Hall–Kier alpha value is -8.59. The predicted octanol–water partition coefficient (Wildman–Crippen LogP) is -4.20. The number of aliphatic hydroxyl groups excluding tert-OH is 2. The lowest BCUT2D eigenvalue weighted by atomic mass is 9.97. The number of aliphatic carboxylic acids is 4. The van der Waals surface area contributed by atoms with Gasteiger partial charge in [0.15, 0.2) is 6.10 Å². The molecule has 0 spiro atoms. The van der Waals surface area contributed by atoms with Crippen molar-refractivity contribution in [3.63, 3.8) is 0 Å². The molecule has 504 valence electrons. The highest BCUT2D eigenvalue weighted by atomic mass is 16.4. The van der Waals surface area contributed by atoms with E-state index in [9.17, 15) is 103 Å². The van der Waals surface area contributed by atoms with E-state index in [-0.39, 0.29) is 38.8 Å². The molecule has 0 aromatic carbocycles. The van der Waals surface area contributed by atoms with Crippen LogP contribution in [0.25, 0.3) is 0 Å². The number of unbranched alkanes of at least 4 members (excludes halogenated alkanes) is 1. The first-order chi connectivity index (χ1) is 42.0. The molecule has 0 aromatic rings. The normalized spacial score (nSPS) is 26.8. The number of nitrogens with one attached hydrogen (secondary N) is 10. The summed E-state index contributed by atoms with van der Waals surface area (Å²) in [6, 6.07) is -19.2. The van der Waals surface area contributed by atoms with Crippen molar-refractivity contribution in [1.82, 2.24) is 58.1 Å². The Morgan fingerprint density at radius 2 is 1.20 bits per heavy atom. The summed E-state index contributed by atoms with van der Waals surface area (Å²) in [5.41, 5.74) is 5.69. The Bertz CT molecular complexity index is 2690. The van der Waals surface area contributed by atoms with Gasteiger partial charge in [0, 0.05) is 12.6 Å². The maximum absolute atomic E-state index is 14.9. The standard InChI is InChI=1S/C57H90N12O21/c1-11-27(6)18-14-12-13-15-20-35(70)62-39(29(8)55(85)86)48(78)66-41-31(10)59-46(76)34-22-28(7)24-69(34)54(84)38(26(4)5)64-49(79)40(30(9)56(87)88)65-52(82)53(83)68-45(75)33(23-36(71)72)61-51(81)42(43(73)57(89)90)67-44(74)32(19-16-17-21-58)60-47(77)37(25(2)3)63-50(41)80/h12-13,15,20,25-34,37-43,53,73,83H,11,14,16-19,21-24,58H2,1-10H3,(H,59,76)(H,60,77)(H,61,81)(H,62,70)(H,63,80)(H,64,79)(H,65,82)(H,66,78)(H,67,74)(H,68,75)(H,71,72)(H,85,86)(H,87,88)(H,89,90)/b13-12-,20-15+/t27?,28-,29?,30?,31?,32+,33+,34+,37-,38+,39+,40-,41+,42+,43?,53?/m1/s1. The van der Waals surface area contributed by atoms with E-state index in [0.29, 0.717) is 12.3 Å². The van der Waals surface area contributed by atoms with Crippen LogP contribution in [0.2, 0.25) is 0 Å². The van der Waals surface area contributed by atoms with Gasteiger partial charge in [-0.15, -0.1) is 0 Å². The Labute approximate surface area is 520 Å². The van der Waals surface area contributed by atoms with E-state index >= 15 is 0 Å². The molecule has 2 aliphatic rings. The Balaban J connectivity index is 2.99. The molecular weight excluding hydrogens is 1190 g/mol. The van der Waals surface area contributed by atoms with Gasteiger partial charge in [0.1, 0.15) is 54.4 Å². The van der Waals surface area contributed by atoms with Gasteiger partial charge < -0.3 is 94.4 Å². The average molecular weight is 1280 g/mol. The number of hydrogen-bond donors (Lipinski definition) is 17. The van der Waals surface area contributed by atoms with Gasteiger partial charge >= 0.3 is 23.9 Å². The maximum Gasteiger partial charge on any atom is 0.335 e. The van der Waals surface area contributed by atoms with E-state index in [1.54, 1.807) is 24.4 Å². The van der Waals surface area contributed by atoms with Gasteiger partial charge in [-0.25, -0.2) is 4.79 Å². The van der Waals surface area contributed by atoms with Crippen LogP contribution in [0.15, 0.2) is 24.3 Å². The number of carbonyl (C=O) groups is 15. The summed E-state index contributed by atoms with van der Waals surface area (Å²) in [5.74, 6) is -27.1. The molecule has 0 aromatic heterocycles. The summed E-state index contributed by atoms with van der Waals surface area (Å²) >= 11 is 0. The van der Waals surface area contributed by atoms with Gasteiger partial charge in [-0.05, 0) is 89.5 Å². The summed E-state index contributed by atoms with van der Waals surface area (Å²) in [6.45, 7) is 14.7. The fourth-order valence-corrected chi connectivity index (χ4v) is 9.43. The number of nitrogens with zero attached hydrogens (tertiary/aromatic N) is 1. The maximum atomic E-state index is 14.9. The molecule has 90 heavy (non-hydrogen) atoms. The zero-order chi connectivity index (χ0) is 68.6. The van der Waals surface area contributed by atoms with Crippen molar-refractivity contribution >= 4 is 88.9 Å². The van der Waals surface area contributed by atoms with Crippen LogP contribution >= 0.6 is 0 Å². The molecule has 0 bridgehead atoms. The minimum absolute atomic E-state index is 0.0346. The number of aliphatic hydroxyl groups is 2. The van der Waals surface area contributed by atoms with Gasteiger partial charge in [0.2, 0.25) is 65.3 Å². The lowest BCUT2D eigenvalue weighted by Gasteiger charge is -2.34. The molecule has 0 aliphatic carbocycles. The SMILES string of the molecule is CCC(C)CC/C=C\C=C\C(=O)N[C@H](C(=O)N[C@@H]1C(=O)N[C@H](C(C)C)C(=O)N[C@@H](CCCCN)C(=O)N[C@@H](C(O)C(=O)O)C(=O)N[C@@H](CC(=O)O)C(=O)NC(O)C(=O)N[C@H](C(C)C(=O)O)C(=O)N[C@@H](C(C)C)C(=O)N2C[C@H](C)C[C@H]2C(=O)NC1C)C(C)C(=O)O. The average Bonchev–Trinajstić information content (AvgIpc) is 1.73. The number of hydrogen-bond acceptors (Lipinski definition) is 18. The lowest BCUT2D eigenvalue weighted by Crippen LogP contribution is -2.66. The second kappa shape index (κ2) is 36.8. The number of fused-ring (bicyclic) bond motifs is 1. The third kappa shape index (κ3) is 23.7. The van der Waals surface area contributed by atoms with Crippen molar-refractivity contribution in [3.05, 3.63) is 24.3 Å². The van der Waals surface area contributed by atoms with E-state index in [1.165, 1.54) is 40.7 Å². The molecule has 18 N–H and O–H groups in total. The molecule has 2 saturated heterocycles. The van der Waals surface area contributed by atoms with E-state index in [1.807, 2.05) is 22.9 Å². The molecule has 2 rings (SSSR count). The smallest absolute Gasteiger partial charge is 0.335 e. The van der Waals surface area contributed by atoms with Crippen molar-refractivity contribution in [2.75, 3.05) is 13.1 Å². The topological polar surface area (TPSA) is 527 Å². The molecule has 2 heterocycles. The molecule has 0 radical (unpaired) electrons. The van der Waals surface area contributed by atoms with Crippen LogP contribution in [0.5, 0.6) is 0 Å². The molecule has 11 amide bonds. The largest absolute Gasteiger partial charge is 0.481 e. The van der Waals surface area contributed by atoms with Crippen LogP contribution in [-0.4, -0.2) is 210 Å². The first kappa shape index (κ1) is 77.5. The van der Waals surface area contributed by atoms with Crippen molar-refractivity contribution in [2.24, 2.45) is 41.2 Å². The number of rotatable bonds is 23. The lowest BCUT2D eigenvalue weighted by molar-refractivity contribution is -0.153. The zero-order valence-corrected chi connectivity index (χ0v) is 52.1. The first-order valence-corrected chi connectivity index (χ1v) is 29.6.